The number of fused-ring (bicyclic) bond motifs is 2. The molecule has 0 unspecified atom stereocenters. The first kappa shape index (κ1) is 19.8. The fraction of sp³-hybridized carbons (Fsp3) is 0.304. The number of rotatable bonds is 4. The first-order valence-corrected chi connectivity index (χ1v) is 11.7. The van der Waals surface area contributed by atoms with E-state index in [0.29, 0.717) is 11.1 Å². The molecule has 2 N–H and O–H groups in total. The van der Waals surface area contributed by atoms with E-state index in [0.717, 1.165) is 47.3 Å². The van der Waals surface area contributed by atoms with Crippen LogP contribution in [0.1, 0.15) is 47.8 Å². The number of amides is 1. The maximum Gasteiger partial charge on any atom is 0.272 e. The van der Waals surface area contributed by atoms with Gasteiger partial charge in [-0.2, -0.15) is 5.10 Å². The van der Waals surface area contributed by atoms with Gasteiger partial charge in [0, 0.05) is 28.4 Å². The van der Waals surface area contributed by atoms with Gasteiger partial charge in [-0.05, 0) is 50.1 Å². The van der Waals surface area contributed by atoms with Crippen molar-refractivity contribution in [3.8, 4) is 0 Å². The Morgan fingerprint density at radius 1 is 1.16 bits per heavy atom. The van der Waals surface area contributed by atoms with E-state index >= 15 is 0 Å². The van der Waals surface area contributed by atoms with E-state index in [9.17, 15) is 9.59 Å². The summed E-state index contributed by atoms with van der Waals surface area (Å²) < 4.78 is 1.83. The van der Waals surface area contributed by atoms with Gasteiger partial charge in [-0.15, -0.1) is 11.8 Å². The number of aromatic nitrogens is 4. The zero-order valence-electron chi connectivity index (χ0n) is 17.2. The lowest BCUT2D eigenvalue weighted by Crippen LogP contribution is -2.38. The van der Waals surface area contributed by atoms with Crippen LogP contribution in [0.15, 0.2) is 58.5 Å². The summed E-state index contributed by atoms with van der Waals surface area (Å²) in [5.41, 5.74) is 2.12. The second-order valence-electron chi connectivity index (χ2n) is 7.94. The molecular formula is C23H23N5O2S. The van der Waals surface area contributed by atoms with Crippen molar-refractivity contribution in [1.29, 1.82) is 0 Å². The molecule has 31 heavy (non-hydrogen) atoms. The van der Waals surface area contributed by atoms with Crippen molar-refractivity contribution in [2.24, 2.45) is 0 Å². The van der Waals surface area contributed by atoms with Crippen molar-refractivity contribution in [2.45, 2.75) is 42.5 Å². The monoisotopic (exact) mass is 433 g/mol. The predicted octanol–water partition coefficient (Wildman–Crippen LogP) is 3.75. The van der Waals surface area contributed by atoms with Crippen molar-refractivity contribution in [1.82, 2.24) is 24.9 Å². The molecule has 0 bridgehead atoms. The van der Waals surface area contributed by atoms with Gasteiger partial charge in [0.2, 0.25) is 0 Å². The summed E-state index contributed by atoms with van der Waals surface area (Å²) in [7, 11) is 0. The van der Waals surface area contributed by atoms with E-state index in [2.05, 4.69) is 20.5 Å². The first-order chi connectivity index (χ1) is 15.1. The number of hydrogen-bond acceptors (Lipinski definition) is 5. The Bertz CT molecular complexity index is 1320. The van der Waals surface area contributed by atoms with Crippen LogP contribution in [0.4, 0.5) is 0 Å². The second kappa shape index (κ2) is 8.19. The zero-order valence-corrected chi connectivity index (χ0v) is 18.0. The molecule has 4 aromatic rings. The smallest absolute Gasteiger partial charge is 0.272 e. The van der Waals surface area contributed by atoms with Gasteiger partial charge in [0.05, 0.1) is 17.3 Å². The lowest BCUT2D eigenvalue weighted by molar-refractivity contribution is 0.0919. The van der Waals surface area contributed by atoms with Crippen molar-refractivity contribution in [3.63, 3.8) is 0 Å². The van der Waals surface area contributed by atoms with E-state index in [1.807, 2.05) is 53.3 Å². The second-order valence-corrected chi connectivity index (χ2v) is 8.82. The molecule has 0 saturated heterocycles. The Balaban J connectivity index is 1.28. The summed E-state index contributed by atoms with van der Waals surface area (Å²) >= 11 is 1.65. The number of pyridine rings is 1. The predicted molar refractivity (Wildman–Crippen MR) is 122 cm³/mol. The van der Waals surface area contributed by atoms with Crippen molar-refractivity contribution >= 4 is 34.1 Å². The van der Waals surface area contributed by atoms with Gasteiger partial charge < -0.3 is 5.32 Å². The average Bonchev–Trinajstić information content (AvgIpc) is 3.23. The van der Waals surface area contributed by atoms with Crippen LogP contribution in [0.5, 0.6) is 0 Å². The molecule has 1 aliphatic carbocycles. The minimum atomic E-state index is -0.155. The Labute approximate surface area is 183 Å². The minimum absolute atomic E-state index is 0.0968. The molecule has 5 rings (SSSR count). The number of hydrogen-bond donors (Lipinski definition) is 2. The van der Waals surface area contributed by atoms with Crippen LogP contribution in [-0.2, 0) is 0 Å². The van der Waals surface area contributed by atoms with Crippen LogP contribution in [0.3, 0.4) is 0 Å². The third-order valence-electron chi connectivity index (χ3n) is 6.13. The Kier molecular flexibility index (Phi) is 5.23. The molecule has 0 radical (unpaired) electrons. The Morgan fingerprint density at radius 2 is 1.94 bits per heavy atom. The molecule has 1 saturated carbocycles. The summed E-state index contributed by atoms with van der Waals surface area (Å²) in [6, 6.07) is 11.7. The largest absolute Gasteiger partial charge is 0.348 e. The summed E-state index contributed by atoms with van der Waals surface area (Å²) in [6.07, 6.45) is 9.13. The van der Waals surface area contributed by atoms with E-state index in [-0.39, 0.29) is 23.4 Å². The number of aromatic amines is 1. The van der Waals surface area contributed by atoms with E-state index in [4.69, 9.17) is 0 Å². The van der Waals surface area contributed by atoms with Crippen LogP contribution in [0.25, 0.3) is 16.4 Å². The minimum Gasteiger partial charge on any atom is -0.348 e. The standard InChI is InChI=1S/C23H23N5O2S/c1-31-16-10-11-28-19(13-24-20(28)12-16)23(30)25-15-8-6-14(7-9-15)21-17-4-2-3-5-18(17)22(29)27-26-21/h2-5,10-15H,6-9H2,1H3,(H,25,30)(H,27,29). The highest BCUT2D eigenvalue weighted by Crippen LogP contribution is 2.34. The molecule has 0 atom stereocenters. The van der Waals surface area contributed by atoms with Gasteiger partial charge in [-0.25, -0.2) is 10.1 Å². The van der Waals surface area contributed by atoms with Crippen molar-refractivity contribution in [2.75, 3.05) is 6.26 Å². The zero-order chi connectivity index (χ0) is 21.4. The molecule has 3 heterocycles. The highest BCUT2D eigenvalue weighted by molar-refractivity contribution is 7.98. The molecule has 1 aliphatic rings. The summed E-state index contributed by atoms with van der Waals surface area (Å²) in [5, 5.41) is 11.8. The number of benzene rings is 1. The van der Waals surface area contributed by atoms with Gasteiger partial charge in [-0.3, -0.25) is 14.0 Å². The molecule has 0 aliphatic heterocycles. The van der Waals surface area contributed by atoms with Crippen LogP contribution in [0, 0.1) is 0 Å². The number of imidazole rings is 1. The highest BCUT2D eigenvalue weighted by Gasteiger charge is 2.27. The van der Waals surface area contributed by atoms with E-state index in [1.165, 1.54) is 0 Å². The number of H-pyrrole nitrogens is 1. The summed E-state index contributed by atoms with van der Waals surface area (Å²) in [6.45, 7) is 0. The number of carbonyl (C=O) groups excluding carboxylic acids is 1. The number of thioether (sulfide) groups is 1. The van der Waals surface area contributed by atoms with Gasteiger partial charge in [-0.1, -0.05) is 18.2 Å². The molecule has 3 aromatic heterocycles. The van der Waals surface area contributed by atoms with Crippen LogP contribution in [0.2, 0.25) is 0 Å². The number of carbonyl (C=O) groups is 1. The maximum absolute atomic E-state index is 12.9. The van der Waals surface area contributed by atoms with Crippen LogP contribution >= 0.6 is 11.8 Å². The summed E-state index contributed by atoms with van der Waals surface area (Å²) in [4.78, 5) is 30.4. The molecule has 1 amide bonds. The Morgan fingerprint density at radius 3 is 2.71 bits per heavy atom. The highest BCUT2D eigenvalue weighted by atomic mass is 32.2. The molecule has 158 valence electrons. The third-order valence-corrected chi connectivity index (χ3v) is 6.85. The van der Waals surface area contributed by atoms with Crippen molar-refractivity contribution < 1.29 is 4.79 Å². The topological polar surface area (TPSA) is 92.1 Å². The quantitative estimate of drug-likeness (QED) is 0.478. The molecule has 0 spiro atoms. The molecule has 1 aromatic carbocycles. The lowest BCUT2D eigenvalue weighted by atomic mass is 9.82. The van der Waals surface area contributed by atoms with Crippen LogP contribution in [-0.4, -0.2) is 37.8 Å². The molecule has 8 heteroatoms. The maximum atomic E-state index is 12.9. The van der Waals surface area contributed by atoms with Gasteiger partial charge in [0.15, 0.2) is 0 Å². The Hall–Kier alpha value is -3.13. The van der Waals surface area contributed by atoms with E-state index in [1.54, 1.807) is 18.0 Å². The van der Waals surface area contributed by atoms with Crippen molar-refractivity contribution in [3.05, 3.63) is 70.5 Å². The molecular weight excluding hydrogens is 410 g/mol. The van der Waals surface area contributed by atoms with E-state index < -0.39 is 0 Å². The molecule has 7 nitrogen and oxygen atoms in total. The third kappa shape index (κ3) is 3.72. The summed E-state index contributed by atoms with van der Waals surface area (Å²) in [5.74, 6) is 0.177. The number of nitrogens with one attached hydrogen (secondary N) is 2. The van der Waals surface area contributed by atoms with Gasteiger partial charge in [0.1, 0.15) is 11.3 Å². The number of nitrogens with zero attached hydrogens (tertiary/aromatic N) is 3. The van der Waals surface area contributed by atoms with Gasteiger partial charge >= 0.3 is 0 Å². The fourth-order valence-corrected chi connectivity index (χ4v) is 4.89. The normalized spacial score (nSPS) is 19.0. The van der Waals surface area contributed by atoms with Crippen LogP contribution < -0.4 is 10.9 Å². The average molecular weight is 434 g/mol. The fourth-order valence-electron chi connectivity index (χ4n) is 4.47. The SMILES string of the molecule is CSc1ccn2c(C(=O)NC3CCC(c4n[nH]c(=O)c5ccccc45)CC3)cnc2c1. The first-order valence-electron chi connectivity index (χ1n) is 10.4. The molecule has 1 fully saturated rings. The van der Waals surface area contributed by atoms with Gasteiger partial charge in [0.25, 0.3) is 11.5 Å². The lowest BCUT2D eigenvalue weighted by Gasteiger charge is -2.29.